The summed E-state index contributed by atoms with van der Waals surface area (Å²) in [6, 6.07) is 9.91. The van der Waals surface area contributed by atoms with Crippen molar-refractivity contribution < 1.29 is 4.79 Å². The molecule has 2 fully saturated rings. The van der Waals surface area contributed by atoms with Crippen LogP contribution in [0.3, 0.4) is 0 Å². The fourth-order valence-corrected chi connectivity index (χ4v) is 3.44. The van der Waals surface area contributed by atoms with Crippen LogP contribution >= 0.6 is 0 Å². The molecule has 6 heteroatoms. The Kier molecular flexibility index (Phi) is 4.53. The standard InChI is InChI=1S/C19H25N5O/c1-15-18(20-21-24(15)17-5-3-2-4-6-17)13-19(25)23-11-9-22(10-12-23)14-16-7-8-16/h2-6,16H,7-14H2,1H3. The van der Waals surface area contributed by atoms with Gasteiger partial charge in [-0.2, -0.15) is 0 Å². The van der Waals surface area contributed by atoms with Gasteiger partial charge in [-0.3, -0.25) is 9.69 Å². The van der Waals surface area contributed by atoms with Crippen molar-refractivity contribution in [3.05, 3.63) is 41.7 Å². The SMILES string of the molecule is Cc1c(CC(=O)N2CCN(CC3CC3)CC2)nnn1-c1ccccc1. The lowest BCUT2D eigenvalue weighted by Crippen LogP contribution is -2.49. The highest BCUT2D eigenvalue weighted by Gasteiger charge is 2.28. The van der Waals surface area contributed by atoms with Crippen molar-refractivity contribution in [1.29, 1.82) is 0 Å². The van der Waals surface area contributed by atoms with E-state index in [1.54, 1.807) is 4.68 Å². The zero-order chi connectivity index (χ0) is 17.2. The third-order valence-corrected chi connectivity index (χ3v) is 5.25. The van der Waals surface area contributed by atoms with Crippen molar-refractivity contribution >= 4 is 5.91 Å². The number of rotatable bonds is 5. The molecule has 0 N–H and O–H groups in total. The van der Waals surface area contributed by atoms with Crippen molar-refractivity contribution in [2.75, 3.05) is 32.7 Å². The van der Waals surface area contributed by atoms with Gasteiger partial charge in [0, 0.05) is 32.7 Å². The van der Waals surface area contributed by atoms with Crippen LogP contribution < -0.4 is 0 Å². The van der Waals surface area contributed by atoms with Crippen molar-refractivity contribution in [2.24, 2.45) is 5.92 Å². The minimum Gasteiger partial charge on any atom is -0.340 e. The Hall–Kier alpha value is -2.21. The van der Waals surface area contributed by atoms with E-state index >= 15 is 0 Å². The van der Waals surface area contributed by atoms with E-state index < -0.39 is 0 Å². The van der Waals surface area contributed by atoms with E-state index in [-0.39, 0.29) is 5.91 Å². The summed E-state index contributed by atoms with van der Waals surface area (Å²) in [6.45, 7) is 6.85. The predicted octanol–water partition coefficient (Wildman–Crippen LogP) is 1.67. The van der Waals surface area contributed by atoms with Crippen LogP contribution in [0.25, 0.3) is 5.69 Å². The summed E-state index contributed by atoms with van der Waals surface area (Å²) in [4.78, 5) is 17.1. The van der Waals surface area contributed by atoms with Crippen LogP contribution in [0.5, 0.6) is 0 Å². The maximum atomic E-state index is 12.6. The molecule has 4 rings (SSSR count). The van der Waals surface area contributed by atoms with Gasteiger partial charge in [0.2, 0.25) is 5.91 Å². The van der Waals surface area contributed by atoms with Crippen LogP contribution in [0, 0.1) is 12.8 Å². The van der Waals surface area contributed by atoms with E-state index in [2.05, 4.69) is 15.2 Å². The Labute approximate surface area is 148 Å². The molecule has 132 valence electrons. The maximum Gasteiger partial charge on any atom is 0.228 e. The molecule has 6 nitrogen and oxygen atoms in total. The number of aromatic nitrogens is 3. The first-order valence-corrected chi connectivity index (χ1v) is 9.17. The van der Waals surface area contributed by atoms with Gasteiger partial charge in [0.15, 0.2) is 0 Å². The highest BCUT2D eigenvalue weighted by atomic mass is 16.2. The largest absolute Gasteiger partial charge is 0.340 e. The summed E-state index contributed by atoms with van der Waals surface area (Å²) < 4.78 is 1.80. The Bertz CT molecular complexity index is 730. The molecule has 1 saturated carbocycles. The van der Waals surface area contributed by atoms with Crippen LogP contribution in [0.4, 0.5) is 0 Å². The van der Waals surface area contributed by atoms with Gasteiger partial charge < -0.3 is 4.90 Å². The molecule has 1 aromatic heterocycles. The first kappa shape index (κ1) is 16.3. The minimum atomic E-state index is 0.161. The third kappa shape index (κ3) is 3.74. The number of carbonyl (C=O) groups is 1. The first-order chi connectivity index (χ1) is 12.2. The smallest absolute Gasteiger partial charge is 0.228 e. The highest BCUT2D eigenvalue weighted by Crippen LogP contribution is 2.29. The Morgan fingerprint density at radius 1 is 1.12 bits per heavy atom. The lowest BCUT2D eigenvalue weighted by Gasteiger charge is -2.34. The fourth-order valence-electron chi connectivity index (χ4n) is 3.44. The first-order valence-electron chi connectivity index (χ1n) is 9.17. The molecule has 0 unspecified atom stereocenters. The van der Waals surface area contributed by atoms with Gasteiger partial charge in [-0.25, -0.2) is 4.68 Å². The third-order valence-electron chi connectivity index (χ3n) is 5.25. The zero-order valence-electron chi connectivity index (χ0n) is 14.8. The quantitative estimate of drug-likeness (QED) is 0.832. The average molecular weight is 339 g/mol. The van der Waals surface area contributed by atoms with Crippen molar-refractivity contribution in [2.45, 2.75) is 26.2 Å². The Balaban J connectivity index is 1.36. The summed E-state index contributed by atoms with van der Waals surface area (Å²) in [6.07, 6.45) is 3.10. The van der Waals surface area contributed by atoms with Gasteiger partial charge in [-0.1, -0.05) is 23.4 Å². The van der Waals surface area contributed by atoms with E-state index in [9.17, 15) is 4.79 Å². The van der Waals surface area contributed by atoms with E-state index in [1.807, 2.05) is 42.2 Å². The molecule has 1 aliphatic heterocycles. The molecule has 0 spiro atoms. The summed E-state index contributed by atoms with van der Waals surface area (Å²) in [5.41, 5.74) is 2.68. The number of hydrogen-bond donors (Lipinski definition) is 0. The van der Waals surface area contributed by atoms with Crippen LogP contribution in [0.2, 0.25) is 0 Å². The molecule has 0 atom stereocenters. The van der Waals surface area contributed by atoms with Crippen LogP contribution in [0.15, 0.2) is 30.3 Å². The molecular formula is C19H25N5O. The number of carbonyl (C=O) groups excluding carboxylic acids is 1. The molecule has 25 heavy (non-hydrogen) atoms. The molecule has 1 aliphatic carbocycles. The number of benzene rings is 1. The van der Waals surface area contributed by atoms with Gasteiger partial charge in [-0.05, 0) is 37.8 Å². The van der Waals surface area contributed by atoms with Crippen molar-refractivity contribution in [1.82, 2.24) is 24.8 Å². The fraction of sp³-hybridized carbons (Fsp3) is 0.526. The number of nitrogens with zero attached hydrogens (tertiary/aromatic N) is 5. The lowest BCUT2D eigenvalue weighted by atomic mass is 10.2. The Morgan fingerprint density at radius 2 is 1.84 bits per heavy atom. The van der Waals surface area contributed by atoms with Gasteiger partial charge in [0.05, 0.1) is 23.5 Å². The number of piperazine rings is 1. The van der Waals surface area contributed by atoms with Gasteiger partial charge in [-0.15, -0.1) is 5.10 Å². The summed E-state index contributed by atoms with van der Waals surface area (Å²) in [5, 5.41) is 8.47. The highest BCUT2D eigenvalue weighted by molar-refractivity contribution is 5.78. The van der Waals surface area contributed by atoms with Crippen LogP contribution in [-0.2, 0) is 11.2 Å². The maximum absolute atomic E-state index is 12.6. The van der Waals surface area contributed by atoms with Gasteiger partial charge in [0.25, 0.3) is 0 Å². The van der Waals surface area contributed by atoms with E-state index in [0.29, 0.717) is 6.42 Å². The molecule has 0 radical (unpaired) electrons. The summed E-state index contributed by atoms with van der Waals surface area (Å²) in [7, 11) is 0. The minimum absolute atomic E-state index is 0.161. The molecule has 2 heterocycles. The molecule has 0 bridgehead atoms. The molecule has 1 aromatic carbocycles. The molecule has 1 amide bonds. The molecule has 2 aromatic rings. The second-order valence-corrected chi connectivity index (χ2v) is 7.17. The Morgan fingerprint density at radius 3 is 2.52 bits per heavy atom. The molecule has 1 saturated heterocycles. The summed E-state index contributed by atoms with van der Waals surface area (Å²) >= 11 is 0. The number of amides is 1. The zero-order valence-corrected chi connectivity index (χ0v) is 14.8. The second-order valence-electron chi connectivity index (χ2n) is 7.17. The van der Waals surface area contributed by atoms with Crippen molar-refractivity contribution in [3.8, 4) is 5.69 Å². The van der Waals surface area contributed by atoms with Gasteiger partial charge in [0.1, 0.15) is 0 Å². The van der Waals surface area contributed by atoms with Crippen molar-refractivity contribution in [3.63, 3.8) is 0 Å². The summed E-state index contributed by atoms with van der Waals surface area (Å²) in [5.74, 6) is 1.08. The molecule has 2 aliphatic rings. The van der Waals surface area contributed by atoms with E-state index in [0.717, 1.165) is 49.2 Å². The lowest BCUT2D eigenvalue weighted by molar-refractivity contribution is -0.132. The van der Waals surface area contributed by atoms with Gasteiger partial charge >= 0.3 is 0 Å². The van der Waals surface area contributed by atoms with Crippen LogP contribution in [0.1, 0.15) is 24.2 Å². The topological polar surface area (TPSA) is 54.3 Å². The monoisotopic (exact) mass is 339 g/mol. The average Bonchev–Trinajstić information content (AvgIpc) is 3.39. The van der Waals surface area contributed by atoms with E-state index in [4.69, 9.17) is 0 Å². The predicted molar refractivity (Wildman–Crippen MR) is 95.5 cm³/mol. The van der Waals surface area contributed by atoms with E-state index in [1.165, 1.54) is 19.4 Å². The molecular weight excluding hydrogens is 314 g/mol. The second kappa shape index (κ2) is 6.96. The number of hydrogen-bond acceptors (Lipinski definition) is 4. The number of para-hydroxylation sites is 1. The van der Waals surface area contributed by atoms with Crippen LogP contribution in [-0.4, -0.2) is 63.4 Å². The normalized spacial score (nSPS) is 18.5.